The molecule has 0 saturated heterocycles. The van der Waals surface area contributed by atoms with E-state index in [2.05, 4.69) is 15.5 Å². The van der Waals surface area contributed by atoms with Crippen LogP contribution >= 0.6 is 0 Å². The second kappa shape index (κ2) is 8.29. The van der Waals surface area contributed by atoms with Crippen LogP contribution in [0.5, 0.6) is 5.75 Å². The minimum Gasteiger partial charge on any atom is -0.484 e. The van der Waals surface area contributed by atoms with Gasteiger partial charge in [0, 0.05) is 18.5 Å². The Labute approximate surface area is 152 Å². The van der Waals surface area contributed by atoms with Gasteiger partial charge in [0.15, 0.2) is 6.61 Å². The number of benzene rings is 2. The predicted octanol–water partition coefficient (Wildman–Crippen LogP) is 3.09. The molecule has 0 spiro atoms. The molecule has 134 valence electrons. The maximum Gasteiger partial charge on any atom is 0.257 e. The SMILES string of the molecule is Cc1ccc(OCC(=O)NCCc2nc(-c3ccc(C)cc3)no2)cc1. The molecule has 1 aromatic heterocycles. The van der Waals surface area contributed by atoms with Crippen LogP contribution in [0.15, 0.2) is 53.1 Å². The minimum atomic E-state index is -0.191. The van der Waals surface area contributed by atoms with E-state index in [0.29, 0.717) is 30.4 Å². The molecule has 1 heterocycles. The van der Waals surface area contributed by atoms with Crippen LogP contribution in [0.2, 0.25) is 0 Å². The first kappa shape index (κ1) is 17.7. The van der Waals surface area contributed by atoms with Crippen LogP contribution < -0.4 is 10.1 Å². The highest BCUT2D eigenvalue weighted by Gasteiger charge is 2.09. The minimum absolute atomic E-state index is 0.0263. The van der Waals surface area contributed by atoms with Gasteiger partial charge in [-0.3, -0.25) is 4.79 Å². The smallest absolute Gasteiger partial charge is 0.257 e. The lowest BCUT2D eigenvalue weighted by molar-refractivity contribution is -0.123. The molecular formula is C20H21N3O3. The molecule has 0 bridgehead atoms. The van der Waals surface area contributed by atoms with E-state index in [1.807, 2.05) is 62.4 Å². The quantitative estimate of drug-likeness (QED) is 0.708. The van der Waals surface area contributed by atoms with Crippen LogP contribution in [-0.2, 0) is 11.2 Å². The third-order valence-corrected chi connectivity index (χ3v) is 3.83. The Hall–Kier alpha value is -3.15. The highest BCUT2D eigenvalue weighted by atomic mass is 16.5. The number of rotatable bonds is 7. The largest absolute Gasteiger partial charge is 0.484 e. The number of nitrogens with one attached hydrogen (secondary N) is 1. The van der Waals surface area contributed by atoms with E-state index < -0.39 is 0 Å². The lowest BCUT2D eigenvalue weighted by atomic mass is 10.1. The summed E-state index contributed by atoms with van der Waals surface area (Å²) in [5.74, 6) is 1.52. The zero-order valence-electron chi connectivity index (χ0n) is 14.9. The van der Waals surface area contributed by atoms with Crippen LogP contribution in [0.4, 0.5) is 0 Å². The number of ether oxygens (including phenoxy) is 1. The Morgan fingerprint density at radius 2 is 1.69 bits per heavy atom. The first-order valence-corrected chi connectivity index (χ1v) is 8.46. The van der Waals surface area contributed by atoms with E-state index in [-0.39, 0.29) is 12.5 Å². The standard InChI is InChI=1S/C20H21N3O3/c1-14-3-7-16(8-4-14)20-22-19(26-23-20)11-12-21-18(24)13-25-17-9-5-15(2)6-10-17/h3-10H,11-13H2,1-2H3,(H,21,24). The molecule has 0 radical (unpaired) electrons. The highest BCUT2D eigenvalue weighted by molar-refractivity contribution is 5.77. The van der Waals surface area contributed by atoms with Crippen molar-refractivity contribution in [3.8, 4) is 17.1 Å². The molecule has 0 unspecified atom stereocenters. The van der Waals surface area contributed by atoms with E-state index in [4.69, 9.17) is 9.26 Å². The summed E-state index contributed by atoms with van der Waals surface area (Å²) >= 11 is 0. The number of nitrogens with zero attached hydrogens (tertiary/aromatic N) is 2. The Balaban J connectivity index is 1.42. The van der Waals surface area contributed by atoms with Gasteiger partial charge >= 0.3 is 0 Å². The monoisotopic (exact) mass is 351 g/mol. The van der Waals surface area contributed by atoms with Gasteiger partial charge in [0.1, 0.15) is 5.75 Å². The number of amides is 1. The molecule has 0 aliphatic carbocycles. The summed E-state index contributed by atoms with van der Waals surface area (Å²) < 4.78 is 10.7. The van der Waals surface area contributed by atoms with E-state index in [1.165, 1.54) is 5.56 Å². The second-order valence-electron chi connectivity index (χ2n) is 6.08. The lowest BCUT2D eigenvalue weighted by Gasteiger charge is -2.06. The molecule has 3 rings (SSSR count). The van der Waals surface area contributed by atoms with Gasteiger partial charge in [-0.2, -0.15) is 4.98 Å². The molecule has 6 heteroatoms. The van der Waals surface area contributed by atoms with Crippen LogP contribution in [0, 0.1) is 13.8 Å². The molecule has 1 amide bonds. The first-order chi connectivity index (χ1) is 12.6. The van der Waals surface area contributed by atoms with Gasteiger partial charge in [0.25, 0.3) is 5.91 Å². The van der Waals surface area contributed by atoms with Gasteiger partial charge < -0.3 is 14.6 Å². The number of carbonyl (C=O) groups is 1. The molecule has 3 aromatic rings. The molecule has 0 aliphatic rings. The average Bonchev–Trinajstić information content (AvgIpc) is 3.11. The number of hydrogen-bond donors (Lipinski definition) is 1. The van der Waals surface area contributed by atoms with Gasteiger partial charge in [0.2, 0.25) is 11.7 Å². The molecule has 26 heavy (non-hydrogen) atoms. The van der Waals surface area contributed by atoms with Crippen molar-refractivity contribution in [2.75, 3.05) is 13.2 Å². The zero-order valence-corrected chi connectivity index (χ0v) is 14.9. The fourth-order valence-corrected chi connectivity index (χ4v) is 2.32. The summed E-state index contributed by atoms with van der Waals surface area (Å²) in [6.45, 7) is 4.40. The molecular weight excluding hydrogens is 330 g/mol. The van der Waals surface area contributed by atoms with Gasteiger partial charge in [0.05, 0.1) is 0 Å². The van der Waals surface area contributed by atoms with Gasteiger partial charge in [-0.1, -0.05) is 52.7 Å². The molecule has 2 aromatic carbocycles. The normalized spacial score (nSPS) is 10.5. The maximum absolute atomic E-state index is 11.8. The van der Waals surface area contributed by atoms with Crippen LogP contribution in [-0.4, -0.2) is 29.2 Å². The van der Waals surface area contributed by atoms with Crippen molar-refractivity contribution in [2.45, 2.75) is 20.3 Å². The van der Waals surface area contributed by atoms with Crippen molar-refractivity contribution in [2.24, 2.45) is 0 Å². The van der Waals surface area contributed by atoms with Crippen LogP contribution in [0.25, 0.3) is 11.4 Å². The first-order valence-electron chi connectivity index (χ1n) is 8.46. The number of aromatic nitrogens is 2. The van der Waals surface area contributed by atoms with Crippen LogP contribution in [0.1, 0.15) is 17.0 Å². The highest BCUT2D eigenvalue weighted by Crippen LogP contribution is 2.16. The van der Waals surface area contributed by atoms with E-state index >= 15 is 0 Å². The fraction of sp³-hybridized carbons (Fsp3) is 0.250. The molecule has 6 nitrogen and oxygen atoms in total. The van der Waals surface area contributed by atoms with E-state index in [1.54, 1.807) is 0 Å². The van der Waals surface area contributed by atoms with Crippen molar-refractivity contribution in [1.29, 1.82) is 0 Å². The van der Waals surface area contributed by atoms with E-state index in [9.17, 15) is 4.79 Å². The fourth-order valence-electron chi connectivity index (χ4n) is 2.32. The van der Waals surface area contributed by atoms with Gasteiger partial charge in [-0.25, -0.2) is 0 Å². The Morgan fingerprint density at radius 3 is 2.38 bits per heavy atom. The summed E-state index contributed by atoms with van der Waals surface area (Å²) in [4.78, 5) is 16.2. The average molecular weight is 351 g/mol. The van der Waals surface area contributed by atoms with Crippen molar-refractivity contribution in [1.82, 2.24) is 15.5 Å². The molecule has 0 atom stereocenters. The summed E-state index contributed by atoms with van der Waals surface area (Å²) in [6, 6.07) is 15.5. The lowest BCUT2D eigenvalue weighted by Crippen LogP contribution is -2.30. The van der Waals surface area contributed by atoms with Crippen molar-refractivity contribution >= 4 is 5.91 Å². The maximum atomic E-state index is 11.8. The second-order valence-corrected chi connectivity index (χ2v) is 6.08. The van der Waals surface area contributed by atoms with Gasteiger partial charge in [-0.15, -0.1) is 0 Å². The van der Waals surface area contributed by atoms with Gasteiger partial charge in [-0.05, 0) is 26.0 Å². The molecule has 0 aliphatic heterocycles. The summed E-state index contributed by atoms with van der Waals surface area (Å²) in [5, 5.41) is 6.75. The zero-order chi connectivity index (χ0) is 18.4. The number of hydrogen-bond acceptors (Lipinski definition) is 5. The summed E-state index contributed by atoms with van der Waals surface area (Å²) in [5.41, 5.74) is 3.22. The molecule has 1 N–H and O–H groups in total. The number of aryl methyl sites for hydroxylation is 2. The predicted molar refractivity (Wildman–Crippen MR) is 97.9 cm³/mol. The third kappa shape index (κ3) is 4.92. The van der Waals surface area contributed by atoms with Crippen molar-refractivity contribution in [3.63, 3.8) is 0 Å². The Morgan fingerprint density at radius 1 is 1.04 bits per heavy atom. The van der Waals surface area contributed by atoms with Crippen LogP contribution in [0.3, 0.4) is 0 Å². The summed E-state index contributed by atoms with van der Waals surface area (Å²) in [7, 11) is 0. The summed E-state index contributed by atoms with van der Waals surface area (Å²) in [6.07, 6.45) is 0.467. The van der Waals surface area contributed by atoms with Crippen molar-refractivity contribution < 1.29 is 14.1 Å². The topological polar surface area (TPSA) is 77.2 Å². The number of carbonyl (C=O) groups excluding carboxylic acids is 1. The van der Waals surface area contributed by atoms with E-state index in [0.717, 1.165) is 11.1 Å². The molecule has 0 fully saturated rings. The molecule has 0 saturated carbocycles. The Kier molecular flexibility index (Phi) is 5.63. The Bertz CT molecular complexity index is 855. The van der Waals surface area contributed by atoms with Crippen molar-refractivity contribution in [3.05, 3.63) is 65.5 Å². The third-order valence-electron chi connectivity index (χ3n) is 3.83.